The average molecular weight is 336 g/mol. The van der Waals surface area contributed by atoms with Gasteiger partial charge < -0.3 is 10.1 Å². The van der Waals surface area contributed by atoms with E-state index >= 15 is 0 Å². The maximum absolute atomic E-state index is 11.9. The topological polar surface area (TPSA) is 38.3 Å². The van der Waals surface area contributed by atoms with Gasteiger partial charge in [0.25, 0.3) is 0 Å². The molecule has 0 radical (unpaired) electrons. The zero-order valence-corrected chi connectivity index (χ0v) is 13.9. The van der Waals surface area contributed by atoms with Crippen molar-refractivity contribution in [2.45, 2.75) is 12.7 Å². The van der Waals surface area contributed by atoms with Crippen molar-refractivity contribution < 1.29 is 9.53 Å². The number of hydrogen-bond donors (Lipinski definition) is 1. The predicted octanol–water partition coefficient (Wildman–Crippen LogP) is 4.61. The van der Waals surface area contributed by atoms with Crippen molar-refractivity contribution in [3.63, 3.8) is 0 Å². The predicted molar refractivity (Wildman–Crippen MR) is 93.9 cm³/mol. The maximum atomic E-state index is 11.9. The largest absolute Gasteiger partial charge is 0.494 e. The van der Waals surface area contributed by atoms with Crippen LogP contribution in [0, 0.1) is 0 Å². The Morgan fingerprint density at radius 2 is 1.91 bits per heavy atom. The molecule has 22 heavy (non-hydrogen) atoms. The molecule has 0 saturated carbocycles. The Morgan fingerprint density at radius 1 is 1.18 bits per heavy atom. The molecule has 1 amide bonds. The highest BCUT2D eigenvalue weighted by Crippen LogP contribution is 2.24. The number of halogens is 1. The highest BCUT2D eigenvalue weighted by atomic mass is 35.5. The van der Waals surface area contributed by atoms with Gasteiger partial charge in [-0.05, 0) is 25.1 Å². The van der Waals surface area contributed by atoms with Gasteiger partial charge in [0.1, 0.15) is 5.75 Å². The number of anilines is 1. The molecule has 116 valence electrons. The van der Waals surface area contributed by atoms with E-state index in [-0.39, 0.29) is 5.91 Å². The summed E-state index contributed by atoms with van der Waals surface area (Å²) < 4.78 is 5.57. The first-order valence-electron chi connectivity index (χ1n) is 7.03. The minimum atomic E-state index is -0.0630. The van der Waals surface area contributed by atoms with Crippen LogP contribution in [-0.4, -0.2) is 18.3 Å². The first kappa shape index (κ1) is 16.7. The summed E-state index contributed by atoms with van der Waals surface area (Å²) in [7, 11) is 0. The molecule has 0 aromatic heterocycles. The number of para-hydroxylation sites is 2. The van der Waals surface area contributed by atoms with Crippen LogP contribution >= 0.6 is 23.4 Å². The minimum Gasteiger partial charge on any atom is -0.494 e. The summed E-state index contributed by atoms with van der Waals surface area (Å²) in [5.74, 6) is 1.91. The lowest BCUT2D eigenvalue weighted by Gasteiger charge is -2.10. The smallest absolute Gasteiger partial charge is 0.234 e. The van der Waals surface area contributed by atoms with Gasteiger partial charge >= 0.3 is 0 Å². The number of amides is 1. The molecule has 0 unspecified atom stereocenters. The van der Waals surface area contributed by atoms with Gasteiger partial charge in [0, 0.05) is 11.3 Å². The number of nitrogens with one attached hydrogen (secondary N) is 1. The molecular formula is C17H18ClNO2S. The number of carbonyl (C=O) groups excluding carboxylic acids is 1. The summed E-state index contributed by atoms with van der Waals surface area (Å²) in [6.45, 7) is 2.59. The number of benzene rings is 2. The van der Waals surface area contributed by atoms with Crippen LogP contribution in [0.3, 0.4) is 0 Å². The lowest BCUT2D eigenvalue weighted by atomic mass is 10.2. The average Bonchev–Trinajstić information content (AvgIpc) is 2.51. The second kappa shape index (κ2) is 8.71. The van der Waals surface area contributed by atoms with E-state index in [1.54, 1.807) is 23.9 Å². The lowest BCUT2D eigenvalue weighted by Crippen LogP contribution is -2.14. The molecule has 2 aromatic rings. The highest BCUT2D eigenvalue weighted by molar-refractivity contribution is 7.99. The number of carbonyl (C=O) groups is 1. The van der Waals surface area contributed by atoms with Crippen LogP contribution in [0.2, 0.25) is 5.02 Å². The van der Waals surface area contributed by atoms with Crippen LogP contribution < -0.4 is 10.1 Å². The van der Waals surface area contributed by atoms with Crippen molar-refractivity contribution in [1.82, 2.24) is 0 Å². The molecule has 0 aliphatic rings. The number of hydrogen-bond acceptors (Lipinski definition) is 3. The van der Waals surface area contributed by atoms with Crippen LogP contribution in [-0.2, 0) is 10.5 Å². The Balaban J connectivity index is 1.84. The van der Waals surface area contributed by atoms with E-state index in [1.807, 2.05) is 43.3 Å². The van der Waals surface area contributed by atoms with Gasteiger partial charge in [0.15, 0.2) is 0 Å². The summed E-state index contributed by atoms with van der Waals surface area (Å²) in [4.78, 5) is 11.9. The van der Waals surface area contributed by atoms with E-state index in [4.69, 9.17) is 16.3 Å². The van der Waals surface area contributed by atoms with Crippen molar-refractivity contribution in [2.75, 3.05) is 17.7 Å². The Kier molecular flexibility index (Phi) is 6.62. The molecule has 0 bridgehead atoms. The van der Waals surface area contributed by atoms with E-state index in [9.17, 15) is 4.79 Å². The second-order valence-corrected chi connectivity index (χ2v) is 5.95. The van der Waals surface area contributed by atoms with Gasteiger partial charge in [0.05, 0.1) is 23.1 Å². The molecule has 2 rings (SSSR count). The zero-order valence-electron chi connectivity index (χ0n) is 12.3. The molecule has 0 fully saturated rings. The van der Waals surface area contributed by atoms with Crippen LogP contribution in [0.4, 0.5) is 5.69 Å². The van der Waals surface area contributed by atoms with Crippen LogP contribution in [0.5, 0.6) is 5.75 Å². The molecule has 1 N–H and O–H groups in total. The Bertz CT molecular complexity index is 634. The normalized spacial score (nSPS) is 10.3. The minimum absolute atomic E-state index is 0.0630. The number of rotatable bonds is 7. The monoisotopic (exact) mass is 335 g/mol. The van der Waals surface area contributed by atoms with Crippen molar-refractivity contribution in [3.8, 4) is 5.75 Å². The molecule has 0 aliphatic carbocycles. The van der Waals surface area contributed by atoms with E-state index in [1.165, 1.54) is 0 Å². The van der Waals surface area contributed by atoms with Crippen molar-refractivity contribution in [2.24, 2.45) is 0 Å². The SMILES string of the molecule is CCOc1ccccc1CSCC(=O)Nc1ccccc1Cl. The van der Waals surface area contributed by atoms with Crippen LogP contribution in [0.25, 0.3) is 0 Å². The Labute approximate surface area is 140 Å². The highest BCUT2D eigenvalue weighted by Gasteiger charge is 2.07. The fraction of sp³-hybridized carbons (Fsp3) is 0.235. The summed E-state index contributed by atoms with van der Waals surface area (Å²) >= 11 is 7.56. The molecule has 0 saturated heterocycles. The van der Waals surface area contributed by atoms with E-state index in [0.29, 0.717) is 23.1 Å². The fourth-order valence-corrected chi connectivity index (χ4v) is 2.92. The first-order valence-corrected chi connectivity index (χ1v) is 8.56. The third-order valence-electron chi connectivity index (χ3n) is 2.91. The summed E-state index contributed by atoms with van der Waals surface area (Å²) in [6, 6.07) is 15.1. The van der Waals surface area contributed by atoms with Crippen molar-refractivity contribution in [3.05, 3.63) is 59.1 Å². The molecule has 3 nitrogen and oxygen atoms in total. The number of thioether (sulfide) groups is 1. The molecule has 0 spiro atoms. The summed E-state index contributed by atoms with van der Waals surface area (Å²) in [5, 5.41) is 3.36. The van der Waals surface area contributed by atoms with Crippen molar-refractivity contribution in [1.29, 1.82) is 0 Å². The van der Waals surface area contributed by atoms with Gasteiger partial charge in [-0.15, -0.1) is 11.8 Å². The van der Waals surface area contributed by atoms with Gasteiger partial charge in [-0.1, -0.05) is 41.9 Å². The fourth-order valence-electron chi connectivity index (χ4n) is 1.92. The summed E-state index contributed by atoms with van der Waals surface area (Å²) in [5.41, 5.74) is 1.74. The van der Waals surface area contributed by atoms with Crippen molar-refractivity contribution >= 4 is 35.0 Å². The first-order chi connectivity index (χ1) is 10.7. The molecular weight excluding hydrogens is 318 g/mol. The second-order valence-electron chi connectivity index (χ2n) is 4.56. The Hall–Kier alpha value is -1.65. The molecule has 2 aromatic carbocycles. The molecule has 0 aliphatic heterocycles. The quantitative estimate of drug-likeness (QED) is 0.803. The molecule has 0 atom stereocenters. The third kappa shape index (κ3) is 4.97. The van der Waals surface area contributed by atoms with E-state index < -0.39 is 0 Å². The Morgan fingerprint density at radius 3 is 2.68 bits per heavy atom. The number of ether oxygens (including phenoxy) is 1. The van der Waals surface area contributed by atoms with E-state index in [0.717, 1.165) is 17.1 Å². The summed E-state index contributed by atoms with van der Waals surface area (Å²) in [6.07, 6.45) is 0. The van der Waals surface area contributed by atoms with Gasteiger partial charge in [0.2, 0.25) is 5.91 Å². The molecule has 0 heterocycles. The maximum Gasteiger partial charge on any atom is 0.234 e. The van der Waals surface area contributed by atoms with Gasteiger partial charge in [-0.2, -0.15) is 0 Å². The van der Waals surface area contributed by atoms with Crippen LogP contribution in [0.15, 0.2) is 48.5 Å². The lowest BCUT2D eigenvalue weighted by molar-refractivity contribution is -0.113. The third-order valence-corrected chi connectivity index (χ3v) is 4.22. The standard InChI is InChI=1S/C17H18ClNO2S/c1-2-21-16-10-6-3-7-13(16)11-22-12-17(20)19-15-9-5-4-8-14(15)18/h3-10H,2,11-12H2,1H3,(H,19,20). The zero-order chi connectivity index (χ0) is 15.8. The van der Waals surface area contributed by atoms with Gasteiger partial charge in [-0.3, -0.25) is 4.79 Å². The van der Waals surface area contributed by atoms with Gasteiger partial charge in [-0.25, -0.2) is 0 Å². The molecule has 5 heteroatoms. The van der Waals surface area contributed by atoms with E-state index in [2.05, 4.69) is 5.32 Å². The van der Waals surface area contributed by atoms with Crippen LogP contribution in [0.1, 0.15) is 12.5 Å².